The topological polar surface area (TPSA) is 71.8 Å². The van der Waals surface area contributed by atoms with E-state index in [9.17, 15) is 4.79 Å². The van der Waals surface area contributed by atoms with Gasteiger partial charge in [0.15, 0.2) is 0 Å². The number of hydrogen-bond acceptors (Lipinski definition) is 3. The van der Waals surface area contributed by atoms with Crippen molar-refractivity contribution in [3.63, 3.8) is 0 Å². The molecule has 2 N–H and O–H groups in total. The van der Waals surface area contributed by atoms with E-state index >= 15 is 0 Å². The van der Waals surface area contributed by atoms with Gasteiger partial charge in [0.05, 0.1) is 0 Å². The number of benzene rings is 1. The van der Waals surface area contributed by atoms with E-state index in [-0.39, 0.29) is 6.03 Å². The number of nitrogens with one attached hydrogen (secondary N) is 2. The minimum Gasteiger partial charge on any atom is -0.306 e. The molecular formula is C10H11N5O. The number of nitrogens with zero attached hydrogens (tertiary/aromatic N) is 3. The maximum absolute atomic E-state index is 11.5. The van der Waals surface area contributed by atoms with Gasteiger partial charge in [-0.2, -0.15) is 0 Å². The molecule has 2 amide bonds. The lowest BCUT2D eigenvalue weighted by molar-refractivity contribution is 0.259. The maximum Gasteiger partial charge on any atom is 0.338 e. The third-order valence-electron chi connectivity index (χ3n) is 2.04. The quantitative estimate of drug-likeness (QED) is 0.797. The van der Waals surface area contributed by atoms with Crippen LogP contribution in [0, 0.1) is 6.92 Å². The molecule has 0 spiro atoms. The van der Waals surface area contributed by atoms with Crippen molar-refractivity contribution >= 4 is 11.7 Å². The van der Waals surface area contributed by atoms with Gasteiger partial charge in [-0.25, -0.2) is 14.9 Å². The molecule has 0 atom stereocenters. The maximum atomic E-state index is 11.5. The van der Waals surface area contributed by atoms with E-state index in [0.717, 1.165) is 11.3 Å². The van der Waals surface area contributed by atoms with Crippen molar-refractivity contribution in [1.29, 1.82) is 0 Å². The van der Waals surface area contributed by atoms with Crippen LogP contribution in [0.3, 0.4) is 0 Å². The Morgan fingerprint density at radius 1 is 1.25 bits per heavy atom. The summed E-state index contributed by atoms with van der Waals surface area (Å²) in [5, 5.41) is 9.86. The van der Waals surface area contributed by atoms with E-state index < -0.39 is 0 Å². The predicted molar refractivity (Wildman–Crippen MR) is 59.6 cm³/mol. The SMILES string of the molecule is Cc1ccccc1NC(=O)Nn1cnnc1. The number of aryl methyl sites for hydroxylation is 1. The first-order valence-electron chi connectivity index (χ1n) is 4.74. The van der Waals surface area contributed by atoms with Crippen LogP contribution in [0.25, 0.3) is 0 Å². The molecule has 0 radical (unpaired) electrons. The Morgan fingerprint density at radius 2 is 1.94 bits per heavy atom. The molecule has 6 nitrogen and oxygen atoms in total. The van der Waals surface area contributed by atoms with Crippen LogP contribution in [-0.2, 0) is 0 Å². The summed E-state index contributed by atoms with van der Waals surface area (Å²) in [7, 11) is 0. The first-order valence-corrected chi connectivity index (χ1v) is 4.74. The third-order valence-corrected chi connectivity index (χ3v) is 2.04. The molecule has 2 aromatic rings. The minimum atomic E-state index is -0.339. The number of carbonyl (C=O) groups is 1. The van der Waals surface area contributed by atoms with Crippen molar-refractivity contribution in [3.8, 4) is 0 Å². The fourth-order valence-electron chi connectivity index (χ4n) is 1.24. The molecule has 0 unspecified atom stereocenters. The monoisotopic (exact) mass is 217 g/mol. The highest BCUT2D eigenvalue weighted by molar-refractivity contribution is 5.95. The van der Waals surface area contributed by atoms with Gasteiger partial charge in [-0.1, -0.05) is 18.2 Å². The molecule has 1 heterocycles. The average Bonchev–Trinajstić information content (AvgIpc) is 2.74. The number of aromatic nitrogens is 3. The molecular weight excluding hydrogens is 206 g/mol. The Bertz CT molecular complexity index is 480. The van der Waals surface area contributed by atoms with Gasteiger partial charge in [0.25, 0.3) is 0 Å². The second kappa shape index (κ2) is 4.43. The number of anilines is 1. The molecule has 0 saturated heterocycles. The van der Waals surface area contributed by atoms with Gasteiger partial charge in [-0.15, -0.1) is 10.2 Å². The van der Waals surface area contributed by atoms with Crippen LogP contribution in [0.5, 0.6) is 0 Å². The molecule has 0 aliphatic heterocycles. The molecule has 1 aromatic heterocycles. The lowest BCUT2D eigenvalue weighted by Crippen LogP contribution is -2.27. The van der Waals surface area contributed by atoms with Crippen molar-refractivity contribution in [3.05, 3.63) is 42.5 Å². The Balaban J connectivity index is 2.00. The number of para-hydroxylation sites is 1. The van der Waals surface area contributed by atoms with Gasteiger partial charge in [-0.3, -0.25) is 0 Å². The largest absolute Gasteiger partial charge is 0.338 e. The van der Waals surface area contributed by atoms with Crippen LogP contribution in [0.2, 0.25) is 0 Å². The molecule has 0 bridgehead atoms. The minimum absolute atomic E-state index is 0.339. The zero-order valence-electron chi connectivity index (χ0n) is 8.71. The number of hydrogen-bond donors (Lipinski definition) is 2. The second-order valence-corrected chi connectivity index (χ2v) is 3.25. The molecule has 82 valence electrons. The number of carbonyl (C=O) groups excluding carboxylic acids is 1. The standard InChI is InChI=1S/C10H11N5O/c1-8-4-2-3-5-9(8)13-10(16)14-15-6-11-12-7-15/h2-7H,1H3,(H2,13,14,16). The summed E-state index contributed by atoms with van der Waals surface area (Å²) in [5.41, 5.74) is 4.31. The van der Waals surface area contributed by atoms with E-state index in [0.29, 0.717) is 0 Å². The smallest absolute Gasteiger partial charge is 0.306 e. The zero-order chi connectivity index (χ0) is 11.4. The molecule has 0 aliphatic carbocycles. The summed E-state index contributed by atoms with van der Waals surface area (Å²) >= 11 is 0. The van der Waals surface area contributed by atoms with E-state index in [4.69, 9.17) is 0 Å². The Labute approximate surface area is 92.3 Å². The van der Waals surface area contributed by atoms with Crippen LogP contribution >= 0.6 is 0 Å². The van der Waals surface area contributed by atoms with Gasteiger partial charge < -0.3 is 5.32 Å². The van der Waals surface area contributed by atoms with Gasteiger partial charge in [0, 0.05) is 5.69 Å². The predicted octanol–water partition coefficient (Wildman–Crippen LogP) is 1.36. The summed E-state index contributed by atoms with van der Waals surface area (Å²) < 4.78 is 1.37. The number of urea groups is 1. The first kappa shape index (κ1) is 10.2. The summed E-state index contributed by atoms with van der Waals surface area (Å²) in [6.07, 6.45) is 2.80. The van der Waals surface area contributed by atoms with E-state index in [1.165, 1.54) is 17.3 Å². The highest BCUT2D eigenvalue weighted by atomic mass is 16.2. The number of amides is 2. The van der Waals surface area contributed by atoms with Gasteiger partial charge in [0.1, 0.15) is 12.7 Å². The highest BCUT2D eigenvalue weighted by Gasteiger charge is 2.03. The van der Waals surface area contributed by atoms with Crippen molar-refractivity contribution in [1.82, 2.24) is 14.9 Å². The van der Waals surface area contributed by atoms with Crippen LogP contribution in [0.4, 0.5) is 10.5 Å². The van der Waals surface area contributed by atoms with Crippen molar-refractivity contribution in [2.24, 2.45) is 0 Å². The van der Waals surface area contributed by atoms with E-state index in [1.54, 1.807) is 0 Å². The number of rotatable bonds is 2. The fourth-order valence-corrected chi connectivity index (χ4v) is 1.24. The zero-order valence-corrected chi connectivity index (χ0v) is 8.71. The molecule has 1 aromatic carbocycles. The Kier molecular flexibility index (Phi) is 2.81. The van der Waals surface area contributed by atoms with Crippen molar-refractivity contribution < 1.29 is 4.79 Å². The first-order chi connectivity index (χ1) is 7.75. The van der Waals surface area contributed by atoms with E-state index in [1.807, 2.05) is 31.2 Å². The fraction of sp³-hybridized carbons (Fsp3) is 0.100. The van der Waals surface area contributed by atoms with Crippen LogP contribution < -0.4 is 10.7 Å². The second-order valence-electron chi connectivity index (χ2n) is 3.25. The molecule has 2 rings (SSSR count). The van der Waals surface area contributed by atoms with Gasteiger partial charge >= 0.3 is 6.03 Å². The summed E-state index contributed by atoms with van der Waals surface area (Å²) in [6.45, 7) is 1.92. The van der Waals surface area contributed by atoms with E-state index in [2.05, 4.69) is 20.9 Å². The lowest BCUT2D eigenvalue weighted by atomic mass is 10.2. The molecule has 16 heavy (non-hydrogen) atoms. The Hall–Kier alpha value is -2.37. The lowest BCUT2D eigenvalue weighted by Gasteiger charge is -2.09. The third kappa shape index (κ3) is 2.35. The molecule has 0 aliphatic rings. The Morgan fingerprint density at radius 3 is 2.62 bits per heavy atom. The highest BCUT2D eigenvalue weighted by Crippen LogP contribution is 2.12. The molecule has 6 heteroatoms. The van der Waals surface area contributed by atoms with Crippen molar-refractivity contribution in [2.75, 3.05) is 10.7 Å². The normalized spacial score (nSPS) is 9.81. The summed E-state index contributed by atoms with van der Waals surface area (Å²) in [6, 6.07) is 7.20. The molecule has 0 saturated carbocycles. The van der Waals surface area contributed by atoms with Crippen LogP contribution in [0.1, 0.15) is 5.56 Å². The van der Waals surface area contributed by atoms with Crippen LogP contribution in [0.15, 0.2) is 36.9 Å². The average molecular weight is 217 g/mol. The van der Waals surface area contributed by atoms with Crippen molar-refractivity contribution in [2.45, 2.75) is 6.92 Å². The summed E-state index contributed by atoms with van der Waals surface area (Å²) in [5.74, 6) is 0. The van der Waals surface area contributed by atoms with Crippen LogP contribution in [-0.4, -0.2) is 20.9 Å². The molecule has 0 fully saturated rings. The summed E-state index contributed by atoms with van der Waals surface area (Å²) in [4.78, 5) is 11.5. The van der Waals surface area contributed by atoms with Gasteiger partial charge in [0.2, 0.25) is 0 Å². The van der Waals surface area contributed by atoms with Gasteiger partial charge in [-0.05, 0) is 18.6 Å².